The number of aryl methyl sites for hydroxylation is 1. The van der Waals surface area contributed by atoms with Gasteiger partial charge in [0.2, 0.25) is 5.91 Å². The zero-order valence-electron chi connectivity index (χ0n) is 13.3. The van der Waals surface area contributed by atoms with E-state index in [1.165, 1.54) is 11.1 Å². The van der Waals surface area contributed by atoms with Crippen molar-refractivity contribution in [2.45, 2.75) is 25.6 Å². The molecule has 3 rings (SSSR count). The molecule has 2 amide bonds. The van der Waals surface area contributed by atoms with Crippen LogP contribution in [0.15, 0.2) is 42.7 Å². The van der Waals surface area contributed by atoms with E-state index >= 15 is 0 Å². The van der Waals surface area contributed by atoms with Crippen molar-refractivity contribution in [1.29, 1.82) is 0 Å². The van der Waals surface area contributed by atoms with Crippen LogP contribution in [0.4, 0.5) is 4.39 Å². The Bertz CT molecular complexity index is 776. The number of aromatic nitrogens is 1. The van der Waals surface area contributed by atoms with Gasteiger partial charge in [0.15, 0.2) is 0 Å². The molecule has 1 aromatic carbocycles. The first-order chi connectivity index (χ1) is 11.5. The second-order valence-electron chi connectivity index (χ2n) is 6.04. The Kier molecular flexibility index (Phi) is 4.29. The third-order valence-corrected chi connectivity index (χ3v) is 4.21. The molecule has 2 heterocycles. The van der Waals surface area contributed by atoms with Crippen LogP contribution in [0.1, 0.15) is 22.3 Å². The Morgan fingerprint density at radius 3 is 2.58 bits per heavy atom. The number of nitrogens with two attached hydrogens (primary N) is 1. The summed E-state index contributed by atoms with van der Waals surface area (Å²) in [4.78, 5) is 29.4. The fourth-order valence-corrected chi connectivity index (χ4v) is 2.91. The van der Waals surface area contributed by atoms with Gasteiger partial charge < -0.3 is 10.6 Å². The number of hydrogen-bond donors (Lipinski definition) is 1. The van der Waals surface area contributed by atoms with Crippen LogP contribution in [0.2, 0.25) is 0 Å². The van der Waals surface area contributed by atoms with Gasteiger partial charge in [-0.1, -0.05) is 29.8 Å². The quantitative estimate of drug-likeness (QED) is 0.938. The number of rotatable bonds is 3. The van der Waals surface area contributed by atoms with Gasteiger partial charge in [-0.25, -0.2) is 4.39 Å². The van der Waals surface area contributed by atoms with Crippen molar-refractivity contribution >= 4 is 11.8 Å². The maximum Gasteiger partial charge on any atom is 0.256 e. The van der Waals surface area contributed by atoms with E-state index in [1.807, 2.05) is 31.2 Å². The highest BCUT2D eigenvalue weighted by Crippen LogP contribution is 2.25. The molecule has 1 aliphatic rings. The minimum Gasteiger partial charge on any atom is -0.368 e. The highest BCUT2D eigenvalue weighted by Gasteiger charge is 2.39. The monoisotopic (exact) mass is 327 g/mol. The summed E-state index contributed by atoms with van der Waals surface area (Å²) in [5.41, 5.74) is 8.45. The van der Waals surface area contributed by atoms with E-state index in [-0.39, 0.29) is 13.0 Å². The van der Waals surface area contributed by atoms with Crippen molar-refractivity contribution in [3.8, 4) is 11.1 Å². The number of nitrogens with zero attached hydrogens (tertiary/aromatic N) is 2. The fourth-order valence-electron chi connectivity index (χ4n) is 2.91. The molecule has 0 unspecified atom stereocenters. The minimum atomic E-state index is -1.24. The fraction of sp³-hybridized carbons (Fsp3) is 0.278. The van der Waals surface area contributed by atoms with Crippen molar-refractivity contribution in [3.63, 3.8) is 0 Å². The Hall–Kier alpha value is -2.76. The molecule has 2 aromatic rings. The van der Waals surface area contributed by atoms with Crippen LogP contribution in [0.3, 0.4) is 0 Å². The average Bonchev–Trinajstić information content (AvgIpc) is 2.97. The van der Waals surface area contributed by atoms with Crippen molar-refractivity contribution in [1.82, 2.24) is 9.88 Å². The Balaban J connectivity index is 1.89. The van der Waals surface area contributed by atoms with E-state index in [2.05, 4.69) is 4.98 Å². The van der Waals surface area contributed by atoms with Crippen LogP contribution in [0.25, 0.3) is 11.1 Å². The van der Waals surface area contributed by atoms with E-state index in [1.54, 1.807) is 12.3 Å². The summed E-state index contributed by atoms with van der Waals surface area (Å²) in [5.74, 6) is -1.12. The summed E-state index contributed by atoms with van der Waals surface area (Å²) in [6.45, 7) is 1.87. The van der Waals surface area contributed by atoms with Gasteiger partial charge in [-0.2, -0.15) is 0 Å². The molecule has 2 atom stereocenters. The zero-order valence-corrected chi connectivity index (χ0v) is 13.3. The van der Waals surface area contributed by atoms with Crippen molar-refractivity contribution < 1.29 is 14.0 Å². The van der Waals surface area contributed by atoms with Gasteiger partial charge in [-0.15, -0.1) is 0 Å². The van der Waals surface area contributed by atoms with Crippen LogP contribution >= 0.6 is 0 Å². The molecule has 0 spiro atoms. The van der Waals surface area contributed by atoms with Gasteiger partial charge in [0, 0.05) is 24.4 Å². The van der Waals surface area contributed by atoms with E-state index in [0.717, 1.165) is 16.7 Å². The molecule has 1 saturated heterocycles. The smallest absolute Gasteiger partial charge is 0.256 e. The van der Waals surface area contributed by atoms with Gasteiger partial charge in [0.05, 0.1) is 12.1 Å². The van der Waals surface area contributed by atoms with E-state index < -0.39 is 24.0 Å². The van der Waals surface area contributed by atoms with E-state index in [4.69, 9.17) is 5.73 Å². The van der Waals surface area contributed by atoms with Crippen LogP contribution in [-0.2, 0) is 4.79 Å². The summed E-state index contributed by atoms with van der Waals surface area (Å²) in [5, 5.41) is 0. The average molecular weight is 327 g/mol. The lowest BCUT2D eigenvalue weighted by Gasteiger charge is -2.21. The molecule has 24 heavy (non-hydrogen) atoms. The molecule has 1 aliphatic heterocycles. The predicted molar refractivity (Wildman–Crippen MR) is 87.9 cm³/mol. The highest BCUT2D eigenvalue weighted by molar-refractivity contribution is 5.98. The molecule has 1 aromatic heterocycles. The van der Waals surface area contributed by atoms with E-state index in [9.17, 15) is 14.0 Å². The molecule has 0 aliphatic carbocycles. The Morgan fingerprint density at radius 2 is 1.92 bits per heavy atom. The van der Waals surface area contributed by atoms with Crippen molar-refractivity contribution in [3.05, 3.63) is 53.9 Å². The molecule has 1 fully saturated rings. The normalized spacial score (nSPS) is 20.2. The number of alkyl halides is 1. The first-order valence-corrected chi connectivity index (χ1v) is 7.72. The lowest BCUT2D eigenvalue weighted by molar-refractivity contribution is -0.121. The lowest BCUT2D eigenvalue weighted by Crippen LogP contribution is -2.43. The number of halogens is 1. The molecule has 0 radical (unpaired) electrons. The number of primary amides is 1. The van der Waals surface area contributed by atoms with Gasteiger partial charge >= 0.3 is 0 Å². The van der Waals surface area contributed by atoms with Gasteiger partial charge in [0.1, 0.15) is 12.2 Å². The van der Waals surface area contributed by atoms with Crippen molar-refractivity contribution in [2.24, 2.45) is 5.73 Å². The van der Waals surface area contributed by atoms with Crippen LogP contribution in [0, 0.1) is 6.92 Å². The molecule has 6 heteroatoms. The number of carbonyl (C=O) groups excluding carboxylic acids is 2. The summed E-state index contributed by atoms with van der Waals surface area (Å²) in [7, 11) is 0. The number of benzene rings is 1. The topological polar surface area (TPSA) is 76.3 Å². The largest absolute Gasteiger partial charge is 0.368 e. The molecule has 0 saturated carbocycles. The Labute approximate surface area is 139 Å². The highest BCUT2D eigenvalue weighted by atomic mass is 19.1. The summed E-state index contributed by atoms with van der Waals surface area (Å²) >= 11 is 0. The second kappa shape index (κ2) is 6.39. The Morgan fingerprint density at radius 1 is 1.21 bits per heavy atom. The van der Waals surface area contributed by atoms with Crippen molar-refractivity contribution in [2.75, 3.05) is 6.54 Å². The number of likely N-dealkylation sites (tertiary alicyclic amines) is 1. The number of carbonyl (C=O) groups is 2. The van der Waals surface area contributed by atoms with Crippen LogP contribution in [0.5, 0.6) is 0 Å². The third kappa shape index (κ3) is 3.13. The summed E-state index contributed by atoms with van der Waals surface area (Å²) in [6.07, 6.45) is 1.80. The molecule has 2 N–H and O–H groups in total. The first kappa shape index (κ1) is 16.1. The molecule has 0 bridgehead atoms. The minimum absolute atomic E-state index is 0.0494. The molecular weight excluding hydrogens is 309 g/mol. The zero-order chi connectivity index (χ0) is 17.3. The predicted octanol–water partition coefficient (Wildman–Crippen LogP) is 2.09. The number of hydrogen-bond acceptors (Lipinski definition) is 3. The summed E-state index contributed by atoms with van der Waals surface area (Å²) in [6, 6.07) is 8.63. The molecule has 124 valence electrons. The first-order valence-electron chi connectivity index (χ1n) is 7.72. The number of pyridine rings is 1. The third-order valence-electron chi connectivity index (χ3n) is 4.21. The molecular formula is C18H18FN3O2. The van der Waals surface area contributed by atoms with E-state index in [0.29, 0.717) is 5.56 Å². The standard InChI is InChI=1S/C18H18FN3O2/c1-11-2-4-12(5-3-11)13-6-14(9-21-8-13)18(24)22-10-15(19)7-16(22)17(20)23/h2-6,8-9,15-16H,7,10H2,1H3,(H2,20,23)/t15-,16+/m1/s1. The maximum atomic E-state index is 13.6. The van der Waals surface area contributed by atoms with Crippen LogP contribution in [-0.4, -0.2) is 40.5 Å². The SMILES string of the molecule is Cc1ccc(-c2cncc(C(=O)N3C[C@H](F)C[C@H]3C(N)=O)c2)cc1. The number of amides is 2. The second-order valence-corrected chi connectivity index (χ2v) is 6.04. The van der Waals surface area contributed by atoms with Gasteiger partial charge in [-0.3, -0.25) is 14.6 Å². The molecule has 5 nitrogen and oxygen atoms in total. The van der Waals surface area contributed by atoms with Gasteiger partial charge in [-0.05, 0) is 18.6 Å². The van der Waals surface area contributed by atoms with Crippen LogP contribution < -0.4 is 5.73 Å². The van der Waals surface area contributed by atoms with Gasteiger partial charge in [0.25, 0.3) is 5.91 Å². The maximum absolute atomic E-state index is 13.6. The summed E-state index contributed by atoms with van der Waals surface area (Å²) < 4.78 is 13.6. The lowest BCUT2D eigenvalue weighted by atomic mass is 10.0.